The first-order valence-electron chi connectivity index (χ1n) is 5.02. The number of carbonyl (C=O) groups excluding carboxylic acids is 1. The lowest BCUT2D eigenvalue weighted by Gasteiger charge is -2.08. The summed E-state index contributed by atoms with van der Waals surface area (Å²) < 4.78 is 0.813. The lowest BCUT2D eigenvalue weighted by molar-refractivity contribution is -0.116. The monoisotopic (exact) mass is 348 g/mol. The van der Waals surface area contributed by atoms with Crippen LogP contribution in [0.5, 0.6) is 0 Å². The van der Waals surface area contributed by atoms with Gasteiger partial charge in [-0.3, -0.25) is 4.79 Å². The maximum Gasteiger partial charge on any atom is 0.337 e. The Morgan fingerprint density at radius 3 is 2.71 bits per heavy atom. The van der Waals surface area contributed by atoms with Gasteiger partial charge >= 0.3 is 5.97 Å². The first-order valence-corrected chi connectivity index (χ1v) is 6.09. The van der Waals surface area contributed by atoms with Gasteiger partial charge in [0.15, 0.2) is 0 Å². The van der Waals surface area contributed by atoms with Crippen molar-refractivity contribution in [1.82, 2.24) is 5.32 Å². The van der Waals surface area contributed by atoms with E-state index in [1.54, 1.807) is 19.2 Å². The van der Waals surface area contributed by atoms with Crippen LogP contribution in [0.1, 0.15) is 16.8 Å². The fourth-order valence-electron chi connectivity index (χ4n) is 1.25. The minimum absolute atomic E-state index is 0.106. The molecule has 92 valence electrons. The maximum absolute atomic E-state index is 11.5. The number of aromatic carboxylic acids is 1. The molecule has 0 atom stereocenters. The molecule has 0 saturated carbocycles. The number of amides is 1. The third kappa shape index (κ3) is 4.31. The quantitative estimate of drug-likeness (QED) is 0.706. The minimum Gasteiger partial charge on any atom is -0.478 e. The number of halogens is 1. The van der Waals surface area contributed by atoms with Crippen LogP contribution in [0.3, 0.4) is 0 Å². The van der Waals surface area contributed by atoms with Crippen molar-refractivity contribution in [3.8, 4) is 0 Å². The van der Waals surface area contributed by atoms with E-state index in [9.17, 15) is 9.59 Å². The smallest absolute Gasteiger partial charge is 0.337 e. The minimum atomic E-state index is -1.05. The maximum atomic E-state index is 11.5. The van der Waals surface area contributed by atoms with Crippen LogP contribution in [0, 0.1) is 3.57 Å². The topological polar surface area (TPSA) is 78.4 Å². The summed E-state index contributed by atoms with van der Waals surface area (Å²) in [6, 6.07) is 4.87. The molecule has 17 heavy (non-hydrogen) atoms. The Labute approximate surface area is 113 Å². The highest BCUT2D eigenvalue weighted by Crippen LogP contribution is 2.19. The second kappa shape index (κ2) is 6.55. The van der Waals surface area contributed by atoms with Crippen molar-refractivity contribution in [1.29, 1.82) is 0 Å². The highest BCUT2D eigenvalue weighted by molar-refractivity contribution is 14.1. The standard InChI is InChI=1S/C11H13IN2O3/c1-13-5-4-10(15)14-9-3-2-7(12)6-8(9)11(16)17/h2-3,6,13H,4-5H2,1H3,(H,14,15)(H,16,17). The highest BCUT2D eigenvalue weighted by Gasteiger charge is 2.12. The van der Waals surface area contributed by atoms with Crippen molar-refractivity contribution < 1.29 is 14.7 Å². The first kappa shape index (κ1) is 13.9. The van der Waals surface area contributed by atoms with Gasteiger partial charge in [0.05, 0.1) is 11.3 Å². The van der Waals surface area contributed by atoms with E-state index >= 15 is 0 Å². The van der Waals surface area contributed by atoms with E-state index in [0.717, 1.165) is 3.57 Å². The number of carboxylic acids is 1. The Kier molecular flexibility index (Phi) is 5.36. The summed E-state index contributed by atoms with van der Waals surface area (Å²) in [7, 11) is 1.75. The van der Waals surface area contributed by atoms with Crippen LogP contribution in [0.25, 0.3) is 0 Å². The summed E-state index contributed by atoms with van der Waals surface area (Å²) in [5, 5.41) is 14.5. The number of hydrogen-bond donors (Lipinski definition) is 3. The lowest BCUT2D eigenvalue weighted by Crippen LogP contribution is -2.20. The zero-order valence-corrected chi connectivity index (χ0v) is 11.4. The fourth-order valence-corrected chi connectivity index (χ4v) is 1.74. The van der Waals surface area contributed by atoms with E-state index in [4.69, 9.17) is 5.11 Å². The molecule has 1 aromatic rings. The molecule has 0 saturated heterocycles. The van der Waals surface area contributed by atoms with Gasteiger partial charge in [0, 0.05) is 16.5 Å². The van der Waals surface area contributed by atoms with Gasteiger partial charge in [-0.25, -0.2) is 4.79 Å². The molecule has 0 aromatic heterocycles. The molecule has 0 fully saturated rings. The predicted molar refractivity (Wildman–Crippen MR) is 73.3 cm³/mol. The van der Waals surface area contributed by atoms with Crippen LogP contribution in [0.2, 0.25) is 0 Å². The number of benzene rings is 1. The molecular formula is C11H13IN2O3. The van der Waals surface area contributed by atoms with Gasteiger partial charge in [-0.2, -0.15) is 0 Å². The summed E-state index contributed by atoms with van der Waals surface area (Å²) >= 11 is 2.03. The Morgan fingerprint density at radius 2 is 2.12 bits per heavy atom. The van der Waals surface area contributed by atoms with Gasteiger partial charge in [0.25, 0.3) is 0 Å². The summed E-state index contributed by atoms with van der Waals surface area (Å²) in [6.45, 7) is 0.554. The summed E-state index contributed by atoms with van der Waals surface area (Å²) in [5.74, 6) is -1.25. The second-order valence-electron chi connectivity index (χ2n) is 3.40. The van der Waals surface area contributed by atoms with Gasteiger partial charge < -0.3 is 15.7 Å². The molecule has 0 unspecified atom stereocenters. The molecule has 0 heterocycles. The molecule has 1 aromatic carbocycles. The Bertz CT molecular complexity index is 435. The van der Waals surface area contributed by atoms with Crippen molar-refractivity contribution >= 4 is 40.2 Å². The normalized spacial score (nSPS) is 10.0. The van der Waals surface area contributed by atoms with Crippen molar-refractivity contribution in [3.05, 3.63) is 27.3 Å². The van der Waals surface area contributed by atoms with Crippen LogP contribution in [-0.2, 0) is 4.79 Å². The summed E-state index contributed by atoms with van der Waals surface area (Å²) in [4.78, 5) is 22.5. The lowest BCUT2D eigenvalue weighted by atomic mass is 10.2. The molecule has 0 aliphatic rings. The third-order valence-electron chi connectivity index (χ3n) is 2.09. The van der Waals surface area contributed by atoms with Crippen LogP contribution in [0.4, 0.5) is 5.69 Å². The van der Waals surface area contributed by atoms with E-state index in [0.29, 0.717) is 18.7 Å². The van der Waals surface area contributed by atoms with Crippen molar-refractivity contribution in [2.75, 3.05) is 18.9 Å². The molecule has 1 amide bonds. The number of carbonyl (C=O) groups is 2. The van der Waals surface area contributed by atoms with Crippen LogP contribution < -0.4 is 10.6 Å². The Balaban J connectivity index is 2.83. The highest BCUT2D eigenvalue weighted by atomic mass is 127. The van der Waals surface area contributed by atoms with Crippen molar-refractivity contribution in [2.45, 2.75) is 6.42 Å². The average Bonchev–Trinajstić information content (AvgIpc) is 2.28. The molecule has 3 N–H and O–H groups in total. The van der Waals surface area contributed by atoms with E-state index in [2.05, 4.69) is 10.6 Å². The average molecular weight is 348 g/mol. The van der Waals surface area contributed by atoms with Crippen molar-refractivity contribution in [3.63, 3.8) is 0 Å². The van der Waals surface area contributed by atoms with Gasteiger partial charge in [-0.15, -0.1) is 0 Å². The summed E-state index contributed by atoms with van der Waals surface area (Å²) in [5.41, 5.74) is 0.439. The molecule has 0 aliphatic heterocycles. The Hall–Kier alpha value is -1.15. The second-order valence-corrected chi connectivity index (χ2v) is 4.64. The SMILES string of the molecule is CNCCC(=O)Nc1ccc(I)cc1C(=O)O. The van der Waals surface area contributed by atoms with Gasteiger partial charge in [0.1, 0.15) is 0 Å². The van der Waals surface area contributed by atoms with Crippen molar-refractivity contribution in [2.24, 2.45) is 0 Å². The van der Waals surface area contributed by atoms with Crippen LogP contribution in [0.15, 0.2) is 18.2 Å². The van der Waals surface area contributed by atoms with E-state index < -0.39 is 5.97 Å². The van der Waals surface area contributed by atoms with Crippen LogP contribution in [-0.4, -0.2) is 30.6 Å². The molecule has 0 spiro atoms. The zero-order valence-electron chi connectivity index (χ0n) is 9.29. The largest absolute Gasteiger partial charge is 0.478 e. The Morgan fingerprint density at radius 1 is 1.41 bits per heavy atom. The zero-order chi connectivity index (χ0) is 12.8. The third-order valence-corrected chi connectivity index (χ3v) is 2.76. The number of rotatable bonds is 5. The summed E-state index contributed by atoms with van der Waals surface area (Å²) in [6.07, 6.45) is 0.307. The number of anilines is 1. The van der Waals surface area contributed by atoms with Gasteiger partial charge in [0.2, 0.25) is 5.91 Å². The van der Waals surface area contributed by atoms with E-state index in [-0.39, 0.29) is 11.5 Å². The van der Waals surface area contributed by atoms with Gasteiger partial charge in [-0.05, 0) is 47.8 Å². The van der Waals surface area contributed by atoms with E-state index in [1.807, 2.05) is 22.6 Å². The van der Waals surface area contributed by atoms with E-state index in [1.165, 1.54) is 6.07 Å². The molecule has 0 bridgehead atoms. The molecular weight excluding hydrogens is 335 g/mol. The van der Waals surface area contributed by atoms with Crippen LogP contribution >= 0.6 is 22.6 Å². The molecule has 6 heteroatoms. The number of carboxylic acid groups (broad SMARTS) is 1. The molecule has 0 radical (unpaired) electrons. The number of nitrogens with one attached hydrogen (secondary N) is 2. The molecule has 5 nitrogen and oxygen atoms in total. The molecule has 0 aliphatic carbocycles. The number of hydrogen-bond acceptors (Lipinski definition) is 3. The molecule has 1 rings (SSSR count). The first-order chi connectivity index (χ1) is 8.04. The fraction of sp³-hybridized carbons (Fsp3) is 0.273. The predicted octanol–water partition coefficient (Wildman–Crippen LogP) is 1.54. The van der Waals surface area contributed by atoms with Gasteiger partial charge in [-0.1, -0.05) is 0 Å².